The third kappa shape index (κ3) is 3.92. The van der Waals surface area contributed by atoms with Crippen LogP contribution in [0.3, 0.4) is 0 Å². The molecule has 2 heterocycles. The highest BCUT2D eigenvalue weighted by Gasteiger charge is 2.05. The zero-order valence-electron chi connectivity index (χ0n) is 12.1. The van der Waals surface area contributed by atoms with E-state index in [1.54, 1.807) is 11.8 Å². The summed E-state index contributed by atoms with van der Waals surface area (Å²) in [5.74, 6) is 2.20. The lowest BCUT2D eigenvalue weighted by Gasteiger charge is -2.09. The Labute approximate surface area is 118 Å². The quantitative estimate of drug-likeness (QED) is 0.796. The van der Waals surface area contributed by atoms with Gasteiger partial charge in [-0.25, -0.2) is 9.97 Å². The molecule has 7 heteroatoms. The Balaban J connectivity index is 2.08. The van der Waals surface area contributed by atoms with Crippen molar-refractivity contribution in [2.45, 2.75) is 20.1 Å². The number of methoxy groups -OCH3 is 1. The number of aromatic nitrogens is 4. The number of nitrogens with one attached hydrogen (secondary N) is 2. The van der Waals surface area contributed by atoms with Gasteiger partial charge in [0.2, 0.25) is 0 Å². The van der Waals surface area contributed by atoms with Gasteiger partial charge in [0.05, 0.1) is 12.2 Å². The van der Waals surface area contributed by atoms with Crippen molar-refractivity contribution in [1.29, 1.82) is 0 Å². The third-order valence-corrected chi connectivity index (χ3v) is 2.62. The highest BCUT2D eigenvalue weighted by molar-refractivity contribution is 5.47. The number of aryl methyl sites for hydroxylation is 1. The second kappa shape index (κ2) is 6.85. The summed E-state index contributed by atoms with van der Waals surface area (Å²) in [5.41, 5.74) is 0.962. The van der Waals surface area contributed by atoms with Crippen LogP contribution in [0.2, 0.25) is 0 Å². The lowest BCUT2D eigenvalue weighted by molar-refractivity contribution is 0.178. The maximum Gasteiger partial charge on any atom is 0.158 e. The van der Waals surface area contributed by atoms with Crippen LogP contribution in [0.15, 0.2) is 18.3 Å². The molecule has 7 nitrogen and oxygen atoms in total. The molecule has 0 aliphatic heterocycles. The van der Waals surface area contributed by atoms with Crippen LogP contribution in [0.1, 0.15) is 18.4 Å². The van der Waals surface area contributed by atoms with E-state index in [0.29, 0.717) is 19.0 Å². The zero-order chi connectivity index (χ0) is 14.4. The largest absolute Gasteiger partial charge is 0.377 e. The molecule has 0 atom stereocenters. The summed E-state index contributed by atoms with van der Waals surface area (Å²) in [5, 5.41) is 10.7. The molecule has 2 aromatic heterocycles. The Morgan fingerprint density at radius 3 is 2.60 bits per heavy atom. The van der Waals surface area contributed by atoms with E-state index in [4.69, 9.17) is 4.74 Å². The van der Waals surface area contributed by atoms with Gasteiger partial charge in [0, 0.05) is 33.0 Å². The first-order valence-corrected chi connectivity index (χ1v) is 6.54. The zero-order valence-corrected chi connectivity index (χ0v) is 12.1. The van der Waals surface area contributed by atoms with E-state index in [9.17, 15) is 0 Å². The molecule has 2 rings (SSSR count). The van der Waals surface area contributed by atoms with Gasteiger partial charge in [-0.05, 0) is 13.0 Å². The van der Waals surface area contributed by atoms with Crippen molar-refractivity contribution in [3.63, 3.8) is 0 Å². The molecule has 0 saturated carbocycles. The van der Waals surface area contributed by atoms with Gasteiger partial charge in [-0.3, -0.25) is 4.68 Å². The van der Waals surface area contributed by atoms with E-state index < -0.39 is 0 Å². The number of anilines is 2. The Hall–Kier alpha value is -2.15. The standard InChI is InChI=1S/C13H20N6O/c1-4-14-11-7-12(17-13(16-11)9-20-3)15-8-10-5-6-19(2)18-10/h5-7H,4,8-9H2,1-3H3,(H2,14,15,16,17). The fourth-order valence-corrected chi connectivity index (χ4v) is 1.79. The Morgan fingerprint density at radius 2 is 2.00 bits per heavy atom. The van der Waals surface area contributed by atoms with Gasteiger partial charge in [-0.1, -0.05) is 0 Å². The Kier molecular flexibility index (Phi) is 4.89. The van der Waals surface area contributed by atoms with Crippen molar-refractivity contribution in [3.05, 3.63) is 29.8 Å². The van der Waals surface area contributed by atoms with Crippen molar-refractivity contribution < 1.29 is 4.74 Å². The van der Waals surface area contributed by atoms with Crippen molar-refractivity contribution in [3.8, 4) is 0 Å². The summed E-state index contributed by atoms with van der Waals surface area (Å²) in [6.07, 6.45) is 1.91. The molecule has 2 N–H and O–H groups in total. The minimum absolute atomic E-state index is 0.386. The SMILES string of the molecule is CCNc1cc(NCc2ccn(C)n2)nc(COC)n1. The second-order valence-corrected chi connectivity index (χ2v) is 4.35. The summed E-state index contributed by atoms with van der Waals surface area (Å²) >= 11 is 0. The average Bonchev–Trinajstić information content (AvgIpc) is 2.83. The first-order valence-electron chi connectivity index (χ1n) is 6.54. The average molecular weight is 276 g/mol. The van der Waals surface area contributed by atoms with Crippen LogP contribution in [0, 0.1) is 0 Å². The number of ether oxygens (including phenoxy) is 1. The maximum atomic E-state index is 5.09. The molecular weight excluding hydrogens is 256 g/mol. The van der Waals surface area contributed by atoms with Crippen LogP contribution in [0.25, 0.3) is 0 Å². The van der Waals surface area contributed by atoms with Crippen LogP contribution in [0.5, 0.6) is 0 Å². The predicted molar refractivity (Wildman–Crippen MR) is 77.4 cm³/mol. The Morgan fingerprint density at radius 1 is 1.25 bits per heavy atom. The molecule has 0 aromatic carbocycles. The van der Waals surface area contributed by atoms with Crippen molar-refractivity contribution in [2.75, 3.05) is 24.3 Å². The second-order valence-electron chi connectivity index (χ2n) is 4.35. The predicted octanol–water partition coefficient (Wildman–Crippen LogP) is 1.40. The molecule has 0 bridgehead atoms. The molecule has 108 valence electrons. The van der Waals surface area contributed by atoms with Crippen LogP contribution in [-0.2, 0) is 24.9 Å². The highest BCUT2D eigenvalue weighted by Crippen LogP contribution is 2.12. The van der Waals surface area contributed by atoms with Gasteiger partial charge in [-0.15, -0.1) is 0 Å². The third-order valence-electron chi connectivity index (χ3n) is 2.62. The minimum Gasteiger partial charge on any atom is -0.377 e. The Bertz CT molecular complexity index is 529. The van der Waals surface area contributed by atoms with Gasteiger partial charge >= 0.3 is 0 Å². The van der Waals surface area contributed by atoms with Crippen LogP contribution in [-0.4, -0.2) is 33.4 Å². The van der Waals surface area contributed by atoms with Gasteiger partial charge in [0.15, 0.2) is 5.82 Å². The molecular formula is C13H20N6O. The fraction of sp³-hybridized carbons (Fsp3) is 0.462. The van der Waals surface area contributed by atoms with Crippen molar-refractivity contribution >= 4 is 11.6 Å². The fourth-order valence-electron chi connectivity index (χ4n) is 1.79. The molecule has 0 spiro atoms. The molecule has 0 fully saturated rings. The van der Waals surface area contributed by atoms with E-state index in [1.807, 2.05) is 32.3 Å². The number of hydrogen-bond acceptors (Lipinski definition) is 6. The van der Waals surface area contributed by atoms with Gasteiger partial charge < -0.3 is 15.4 Å². The van der Waals surface area contributed by atoms with Crippen LogP contribution in [0.4, 0.5) is 11.6 Å². The van der Waals surface area contributed by atoms with Crippen molar-refractivity contribution in [2.24, 2.45) is 7.05 Å². The summed E-state index contributed by atoms with van der Waals surface area (Å²) in [4.78, 5) is 8.77. The first-order chi connectivity index (χ1) is 9.71. The highest BCUT2D eigenvalue weighted by atomic mass is 16.5. The monoisotopic (exact) mass is 276 g/mol. The first kappa shape index (κ1) is 14.3. The van der Waals surface area contributed by atoms with E-state index in [1.165, 1.54) is 0 Å². The van der Waals surface area contributed by atoms with Crippen molar-refractivity contribution in [1.82, 2.24) is 19.7 Å². The summed E-state index contributed by atoms with van der Waals surface area (Å²) in [6.45, 7) is 3.84. The van der Waals surface area contributed by atoms with E-state index in [2.05, 4.69) is 25.7 Å². The van der Waals surface area contributed by atoms with E-state index in [0.717, 1.165) is 23.9 Å². The van der Waals surface area contributed by atoms with Gasteiger partial charge in [0.25, 0.3) is 0 Å². The van der Waals surface area contributed by atoms with Crippen LogP contribution >= 0.6 is 0 Å². The van der Waals surface area contributed by atoms with E-state index >= 15 is 0 Å². The molecule has 0 amide bonds. The summed E-state index contributed by atoms with van der Waals surface area (Å²) in [6, 6.07) is 3.85. The molecule has 20 heavy (non-hydrogen) atoms. The molecule has 0 unspecified atom stereocenters. The summed E-state index contributed by atoms with van der Waals surface area (Å²) in [7, 11) is 3.53. The van der Waals surface area contributed by atoms with E-state index in [-0.39, 0.29) is 0 Å². The molecule has 0 aliphatic carbocycles. The molecule has 2 aromatic rings. The lowest BCUT2D eigenvalue weighted by atomic mass is 10.4. The smallest absolute Gasteiger partial charge is 0.158 e. The number of hydrogen-bond donors (Lipinski definition) is 2. The van der Waals surface area contributed by atoms with Gasteiger partial charge in [0.1, 0.15) is 18.2 Å². The molecule has 0 saturated heterocycles. The summed E-state index contributed by atoms with van der Waals surface area (Å²) < 4.78 is 6.86. The minimum atomic E-state index is 0.386. The van der Waals surface area contributed by atoms with Crippen LogP contribution < -0.4 is 10.6 Å². The topological polar surface area (TPSA) is 76.9 Å². The molecule has 0 radical (unpaired) electrons. The normalized spacial score (nSPS) is 10.6. The number of nitrogens with zero attached hydrogens (tertiary/aromatic N) is 4. The van der Waals surface area contributed by atoms with Gasteiger partial charge in [-0.2, -0.15) is 5.10 Å². The molecule has 0 aliphatic rings. The maximum absolute atomic E-state index is 5.09. The lowest BCUT2D eigenvalue weighted by Crippen LogP contribution is -2.09. The number of rotatable bonds is 7.